The van der Waals surface area contributed by atoms with Gasteiger partial charge in [-0.15, -0.1) is 0 Å². The van der Waals surface area contributed by atoms with Gasteiger partial charge in [0, 0.05) is 18.2 Å². The lowest BCUT2D eigenvalue weighted by molar-refractivity contribution is -0.114. The molecular formula is C17H12F4N4O2. The van der Waals surface area contributed by atoms with Crippen LogP contribution in [-0.4, -0.2) is 16.0 Å². The Morgan fingerprint density at radius 3 is 2.44 bits per heavy atom. The molecule has 10 heteroatoms. The smallest absolute Gasteiger partial charge is 0.246 e. The zero-order valence-corrected chi connectivity index (χ0v) is 13.8. The highest BCUT2D eigenvalue weighted by atomic mass is 19.2. The number of hydrogen-bond acceptors (Lipinski definition) is 5. The highest BCUT2D eigenvalue weighted by Crippen LogP contribution is 2.23. The Morgan fingerprint density at radius 1 is 1.07 bits per heavy atom. The summed E-state index contributed by atoms with van der Waals surface area (Å²) in [6.07, 6.45) is 0. The molecule has 3 aromatic rings. The topological polar surface area (TPSA) is 80.0 Å². The van der Waals surface area contributed by atoms with E-state index in [0.29, 0.717) is 5.69 Å². The molecule has 0 aliphatic heterocycles. The highest BCUT2D eigenvalue weighted by Gasteiger charge is 2.16. The van der Waals surface area contributed by atoms with Gasteiger partial charge in [-0.2, -0.15) is 4.98 Å². The molecule has 1 aromatic heterocycles. The van der Waals surface area contributed by atoms with Crippen molar-refractivity contribution >= 4 is 17.3 Å². The molecule has 2 aromatic carbocycles. The van der Waals surface area contributed by atoms with Crippen LogP contribution < -0.4 is 10.6 Å². The summed E-state index contributed by atoms with van der Waals surface area (Å²) in [4.78, 5) is 15.0. The van der Waals surface area contributed by atoms with Crippen molar-refractivity contribution < 1.29 is 26.9 Å². The van der Waals surface area contributed by atoms with Gasteiger partial charge in [-0.05, 0) is 30.3 Å². The maximum Gasteiger partial charge on any atom is 0.246 e. The lowest BCUT2D eigenvalue weighted by Gasteiger charge is -2.08. The molecule has 27 heavy (non-hydrogen) atoms. The van der Waals surface area contributed by atoms with Crippen LogP contribution in [0, 0.1) is 23.3 Å². The molecule has 0 bridgehead atoms. The van der Waals surface area contributed by atoms with E-state index >= 15 is 0 Å². The van der Waals surface area contributed by atoms with Gasteiger partial charge in [0.05, 0.1) is 12.2 Å². The molecule has 1 heterocycles. The molecule has 3 rings (SSSR count). The Balaban J connectivity index is 1.74. The predicted octanol–water partition coefficient (Wildman–Crippen LogP) is 3.86. The van der Waals surface area contributed by atoms with E-state index in [0.717, 1.165) is 18.2 Å². The van der Waals surface area contributed by atoms with Crippen LogP contribution in [0.3, 0.4) is 0 Å². The number of rotatable bonds is 5. The van der Waals surface area contributed by atoms with Crippen LogP contribution in [0.4, 0.5) is 28.9 Å². The van der Waals surface area contributed by atoms with Crippen LogP contribution in [-0.2, 0) is 11.3 Å². The quantitative estimate of drug-likeness (QED) is 0.519. The fraction of sp³-hybridized carbons (Fsp3) is 0.118. The molecule has 6 nitrogen and oxygen atoms in total. The van der Waals surface area contributed by atoms with E-state index in [-0.39, 0.29) is 35.4 Å². The van der Waals surface area contributed by atoms with E-state index < -0.39 is 23.3 Å². The Hall–Kier alpha value is -3.43. The van der Waals surface area contributed by atoms with Crippen molar-refractivity contribution in [2.75, 3.05) is 10.6 Å². The summed E-state index contributed by atoms with van der Waals surface area (Å²) in [7, 11) is 0. The molecule has 0 radical (unpaired) electrons. The number of carbonyl (C=O) groups is 1. The van der Waals surface area contributed by atoms with E-state index in [9.17, 15) is 22.4 Å². The first-order chi connectivity index (χ1) is 12.8. The van der Waals surface area contributed by atoms with Gasteiger partial charge in [-0.3, -0.25) is 4.79 Å². The minimum Gasteiger partial charge on any atom is -0.374 e. The van der Waals surface area contributed by atoms with Crippen LogP contribution >= 0.6 is 0 Å². The van der Waals surface area contributed by atoms with Crippen molar-refractivity contribution in [3.8, 4) is 11.4 Å². The Bertz CT molecular complexity index is 983. The van der Waals surface area contributed by atoms with Gasteiger partial charge in [-0.25, -0.2) is 17.6 Å². The van der Waals surface area contributed by atoms with Gasteiger partial charge in [-0.1, -0.05) is 5.16 Å². The molecule has 0 aliphatic rings. The average Bonchev–Trinajstić information content (AvgIpc) is 3.08. The standard InChI is InChI=1S/C17H12F4N4O2/c1-8(26)23-10-2-3-11(18)14(6-10)22-7-15-24-17(25-27-15)9-4-12(19)16(21)13(20)5-9/h2-6,22H,7H2,1H3,(H,23,26). The van der Waals surface area contributed by atoms with Gasteiger partial charge in [0.1, 0.15) is 5.82 Å². The molecular weight excluding hydrogens is 368 g/mol. The van der Waals surface area contributed by atoms with Crippen LogP contribution in [0.5, 0.6) is 0 Å². The highest BCUT2D eigenvalue weighted by molar-refractivity contribution is 5.89. The Kier molecular flexibility index (Phi) is 5.06. The first kappa shape index (κ1) is 18.4. The van der Waals surface area contributed by atoms with Gasteiger partial charge < -0.3 is 15.2 Å². The monoisotopic (exact) mass is 380 g/mol. The lowest BCUT2D eigenvalue weighted by Crippen LogP contribution is -2.07. The zero-order valence-electron chi connectivity index (χ0n) is 13.8. The SMILES string of the molecule is CC(=O)Nc1ccc(F)c(NCc2nc(-c3cc(F)c(F)c(F)c3)no2)c1. The number of hydrogen-bond donors (Lipinski definition) is 2. The van der Waals surface area contributed by atoms with Crippen molar-refractivity contribution in [3.63, 3.8) is 0 Å². The summed E-state index contributed by atoms with van der Waals surface area (Å²) in [6, 6.07) is 5.40. The van der Waals surface area contributed by atoms with Crippen molar-refractivity contribution in [2.24, 2.45) is 0 Å². The van der Waals surface area contributed by atoms with Crippen molar-refractivity contribution in [1.29, 1.82) is 0 Å². The summed E-state index contributed by atoms with van der Waals surface area (Å²) >= 11 is 0. The van der Waals surface area contributed by atoms with Gasteiger partial charge in [0.2, 0.25) is 17.6 Å². The largest absolute Gasteiger partial charge is 0.374 e. The Labute approximate surface area is 150 Å². The first-order valence-corrected chi connectivity index (χ1v) is 7.62. The molecule has 1 amide bonds. The van der Waals surface area contributed by atoms with Crippen LogP contribution in [0.1, 0.15) is 12.8 Å². The lowest BCUT2D eigenvalue weighted by atomic mass is 10.2. The second kappa shape index (κ2) is 7.44. The van der Waals surface area contributed by atoms with E-state index in [4.69, 9.17) is 4.52 Å². The molecule has 2 N–H and O–H groups in total. The number of amides is 1. The van der Waals surface area contributed by atoms with Gasteiger partial charge in [0.25, 0.3) is 0 Å². The number of anilines is 2. The minimum absolute atomic E-state index is 0.000489. The van der Waals surface area contributed by atoms with E-state index in [1.807, 2.05) is 0 Å². The van der Waals surface area contributed by atoms with Crippen molar-refractivity contribution in [2.45, 2.75) is 13.5 Å². The van der Waals surface area contributed by atoms with Crippen molar-refractivity contribution in [1.82, 2.24) is 10.1 Å². The third-order valence-corrected chi connectivity index (χ3v) is 3.43. The summed E-state index contributed by atoms with van der Waals surface area (Å²) in [5.74, 6) is -5.41. The summed E-state index contributed by atoms with van der Waals surface area (Å²) in [5, 5.41) is 8.78. The molecule has 0 unspecified atom stereocenters. The number of halogens is 4. The molecule has 0 spiro atoms. The second-order valence-corrected chi connectivity index (χ2v) is 5.49. The number of nitrogens with zero attached hydrogens (tertiary/aromatic N) is 2. The normalized spacial score (nSPS) is 10.7. The summed E-state index contributed by atoms with van der Waals surface area (Å²) in [5.41, 5.74) is 0.343. The molecule has 140 valence electrons. The number of nitrogens with one attached hydrogen (secondary N) is 2. The number of aromatic nitrogens is 2. The zero-order chi connectivity index (χ0) is 19.6. The number of carbonyl (C=O) groups excluding carboxylic acids is 1. The molecule has 0 aliphatic carbocycles. The first-order valence-electron chi connectivity index (χ1n) is 7.62. The van der Waals surface area contributed by atoms with Crippen LogP contribution in [0.15, 0.2) is 34.9 Å². The second-order valence-electron chi connectivity index (χ2n) is 5.49. The van der Waals surface area contributed by atoms with Gasteiger partial charge in [0.15, 0.2) is 17.5 Å². The third kappa shape index (κ3) is 4.22. The average molecular weight is 380 g/mol. The summed E-state index contributed by atoms with van der Waals surface area (Å²) < 4.78 is 58.4. The third-order valence-electron chi connectivity index (χ3n) is 3.43. The van der Waals surface area contributed by atoms with Gasteiger partial charge >= 0.3 is 0 Å². The van der Waals surface area contributed by atoms with Crippen LogP contribution in [0.2, 0.25) is 0 Å². The van der Waals surface area contributed by atoms with E-state index in [1.54, 1.807) is 0 Å². The predicted molar refractivity (Wildman–Crippen MR) is 87.6 cm³/mol. The summed E-state index contributed by atoms with van der Waals surface area (Å²) in [6.45, 7) is 1.22. The van der Waals surface area contributed by atoms with Crippen molar-refractivity contribution in [3.05, 3.63) is 59.5 Å². The van der Waals surface area contributed by atoms with E-state index in [2.05, 4.69) is 20.8 Å². The molecule has 0 saturated heterocycles. The molecule has 0 atom stereocenters. The van der Waals surface area contributed by atoms with Crippen LogP contribution in [0.25, 0.3) is 11.4 Å². The van der Waals surface area contributed by atoms with E-state index in [1.165, 1.54) is 19.1 Å². The molecule has 0 saturated carbocycles. The number of benzene rings is 2. The fourth-order valence-corrected chi connectivity index (χ4v) is 2.24. The minimum atomic E-state index is -1.60. The molecule has 0 fully saturated rings. The maximum atomic E-state index is 13.8. The Morgan fingerprint density at radius 2 is 1.78 bits per heavy atom. The fourth-order valence-electron chi connectivity index (χ4n) is 2.24. The maximum absolute atomic E-state index is 13.8.